The maximum Gasteiger partial charge on any atom is 0.241 e. The number of carbonyl (C=O) groups is 1. The standard InChI is InChI=1S/C16H33N5O2/c1-5-17-16(19-12-15(22)18-6-11-23-4)21-9-7-20(8-10-21)13-14(2)3/h14H,5-13H2,1-4H3,(H,17,19)(H,18,22). The molecule has 1 rings (SSSR count). The highest BCUT2D eigenvalue weighted by Crippen LogP contribution is 2.05. The SMILES string of the molecule is CCNC(=NCC(=O)NCCOC)N1CCN(CC(C)C)CC1. The molecule has 0 saturated carbocycles. The molecule has 1 fully saturated rings. The van der Waals surface area contributed by atoms with E-state index in [0.29, 0.717) is 19.1 Å². The minimum atomic E-state index is -0.0732. The van der Waals surface area contributed by atoms with Gasteiger partial charge in [-0.1, -0.05) is 13.8 Å². The molecule has 0 radical (unpaired) electrons. The van der Waals surface area contributed by atoms with E-state index in [1.54, 1.807) is 7.11 Å². The van der Waals surface area contributed by atoms with Crippen molar-refractivity contribution in [3.05, 3.63) is 0 Å². The Morgan fingerprint density at radius 1 is 1.22 bits per heavy atom. The number of ether oxygens (including phenoxy) is 1. The second kappa shape index (κ2) is 11.2. The van der Waals surface area contributed by atoms with E-state index in [1.165, 1.54) is 0 Å². The van der Waals surface area contributed by atoms with Crippen LogP contribution in [0.15, 0.2) is 4.99 Å². The Morgan fingerprint density at radius 3 is 2.48 bits per heavy atom. The van der Waals surface area contributed by atoms with E-state index >= 15 is 0 Å². The summed E-state index contributed by atoms with van der Waals surface area (Å²) in [5.41, 5.74) is 0. The number of guanidine groups is 1. The Morgan fingerprint density at radius 2 is 1.91 bits per heavy atom. The molecule has 7 nitrogen and oxygen atoms in total. The summed E-state index contributed by atoms with van der Waals surface area (Å²) in [7, 11) is 1.62. The van der Waals surface area contributed by atoms with Crippen LogP contribution in [0.5, 0.6) is 0 Å². The summed E-state index contributed by atoms with van der Waals surface area (Å²) in [6, 6.07) is 0. The molecule has 0 aromatic heterocycles. The average Bonchev–Trinajstić information content (AvgIpc) is 2.52. The van der Waals surface area contributed by atoms with E-state index in [9.17, 15) is 4.79 Å². The lowest BCUT2D eigenvalue weighted by Gasteiger charge is -2.37. The van der Waals surface area contributed by atoms with Gasteiger partial charge < -0.3 is 20.3 Å². The van der Waals surface area contributed by atoms with Crippen LogP contribution in [0.1, 0.15) is 20.8 Å². The quantitative estimate of drug-likeness (QED) is 0.373. The lowest BCUT2D eigenvalue weighted by Crippen LogP contribution is -2.53. The van der Waals surface area contributed by atoms with Crippen LogP contribution >= 0.6 is 0 Å². The minimum Gasteiger partial charge on any atom is -0.383 e. The molecule has 1 aliphatic heterocycles. The van der Waals surface area contributed by atoms with Gasteiger partial charge in [0, 0.05) is 52.9 Å². The van der Waals surface area contributed by atoms with Crippen molar-refractivity contribution in [3.8, 4) is 0 Å². The molecule has 23 heavy (non-hydrogen) atoms. The Kier molecular flexibility index (Phi) is 9.63. The van der Waals surface area contributed by atoms with E-state index in [4.69, 9.17) is 4.74 Å². The van der Waals surface area contributed by atoms with Crippen LogP contribution in [0.3, 0.4) is 0 Å². The molecule has 0 spiro atoms. The van der Waals surface area contributed by atoms with Crippen molar-refractivity contribution < 1.29 is 9.53 Å². The van der Waals surface area contributed by atoms with Crippen molar-refractivity contribution in [1.29, 1.82) is 0 Å². The van der Waals surface area contributed by atoms with E-state index in [1.807, 2.05) is 6.92 Å². The first-order valence-electron chi connectivity index (χ1n) is 8.58. The van der Waals surface area contributed by atoms with E-state index in [2.05, 4.69) is 39.3 Å². The van der Waals surface area contributed by atoms with Gasteiger partial charge in [-0.3, -0.25) is 9.69 Å². The third-order valence-corrected chi connectivity index (χ3v) is 3.63. The monoisotopic (exact) mass is 327 g/mol. The van der Waals surface area contributed by atoms with Crippen LogP contribution in [-0.2, 0) is 9.53 Å². The van der Waals surface area contributed by atoms with Gasteiger partial charge in [0.15, 0.2) is 5.96 Å². The number of aliphatic imine (C=N–C) groups is 1. The molecule has 1 saturated heterocycles. The minimum absolute atomic E-state index is 0.0732. The molecule has 1 aliphatic rings. The normalized spacial score (nSPS) is 16.7. The molecule has 7 heteroatoms. The van der Waals surface area contributed by atoms with Crippen molar-refractivity contribution in [1.82, 2.24) is 20.4 Å². The smallest absolute Gasteiger partial charge is 0.241 e. The van der Waals surface area contributed by atoms with Crippen LogP contribution in [0.4, 0.5) is 0 Å². The van der Waals surface area contributed by atoms with Gasteiger partial charge in [0.25, 0.3) is 0 Å². The summed E-state index contributed by atoms with van der Waals surface area (Å²) in [5, 5.41) is 6.07. The highest BCUT2D eigenvalue weighted by atomic mass is 16.5. The third kappa shape index (κ3) is 8.18. The lowest BCUT2D eigenvalue weighted by atomic mass is 10.2. The van der Waals surface area contributed by atoms with Crippen LogP contribution in [0, 0.1) is 5.92 Å². The summed E-state index contributed by atoms with van der Waals surface area (Å²) in [4.78, 5) is 20.9. The number of nitrogens with zero attached hydrogens (tertiary/aromatic N) is 3. The van der Waals surface area contributed by atoms with Gasteiger partial charge in [0.2, 0.25) is 5.91 Å². The predicted octanol–water partition coefficient (Wildman–Crippen LogP) is -0.0119. The van der Waals surface area contributed by atoms with Crippen molar-refractivity contribution in [2.75, 3.05) is 66.1 Å². The van der Waals surface area contributed by atoms with Crippen LogP contribution in [0.25, 0.3) is 0 Å². The van der Waals surface area contributed by atoms with Crippen molar-refractivity contribution in [2.24, 2.45) is 10.9 Å². The fraction of sp³-hybridized carbons (Fsp3) is 0.875. The maximum atomic E-state index is 11.8. The largest absolute Gasteiger partial charge is 0.383 e. The van der Waals surface area contributed by atoms with Gasteiger partial charge >= 0.3 is 0 Å². The lowest BCUT2D eigenvalue weighted by molar-refractivity contribution is -0.119. The number of hydrogen-bond acceptors (Lipinski definition) is 4. The third-order valence-electron chi connectivity index (χ3n) is 3.63. The van der Waals surface area contributed by atoms with E-state index in [-0.39, 0.29) is 12.5 Å². The Balaban J connectivity index is 2.45. The Hall–Kier alpha value is -1.34. The number of piperazine rings is 1. The first kappa shape index (κ1) is 19.7. The first-order chi connectivity index (χ1) is 11.1. The Bertz CT molecular complexity index is 365. The van der Waals surface area contributed by atoms with Crippen molar-refractivity contribution >= 4 is 11.9 Å². The zero-order chi connectivity index (χ0) is 17.1. The van der Waals surface area contributed by atoms with Gasteiger partial charge in [-0.05, 0) is 12.8 Å². The summed E-state index contributed by atoms with van der Waals surface area (Å²) in [6.07, 6.45) is 0. The average molecular weight is 327 g/mol. The van der Waals surface area contributed by atoms with Gasteiger partial charge in [-0.2, -0.15) is 0 Å². The first-order valence-corrected chi connectivity index (χ1v) is 8.58. The van der Waals surface area contributed by atoms with Gasteiger partial charge in [0.1, 0.15) is 6.54 Å². The molecule has 0 aliphatic carbocycles. The fourth-order valence-electron chi connectivity index (χ4n) is 2.58. The molecule has 0 aromatic rings. The number of nitrogens with one attached hydrogen (secondary N) is 2. The summed E-state index contributed by atoms with van der Waals surface area (Å²) < 4.78 is 4.91. The van der Waals surface area contributed by atoms with Crippen molar-refractivity contribution in [3.63, 3.8) is 0 Å². The number of rotatable bonds is 8. The van der Waals surface area contributed by atoms with Gasteiger partial charge in [-0.15, -0.1) is 0 Å². The number of amides is 1. The van der Waals surface area contributed by atoms with E-state index in [0.717, 1.165) is 45.2 Å². The van der Waals surface area contributed by atoms with Crippen molar-refractivity contribution in [2.45, 2.75) is 20.8 Å². The molecular weight excluding hydrogens is 294 g/mol. The molecule has 0 atom stereocenters. The number of methoxy groups -OCH3 is 1. The zero-order valence-electron chi connectivity index (χ0n) is 15.1. The highest BCUT2D eigenvalue weighted by Gasteiger charge is 2.20. The highest BCUT2D eigenvalue weighted by molar-refractivity contribution is 5.85. The molecule has 0 unspecified atom stereocenters. The molecule has 134 valence electrons. The second-order valence-electron chi connectivity index (χ2n) is 6.19. The molecule has 0 aromatic carbocycles. The number of hydrogen-bond donors (Lipinski definition) is 2. The fourth-order valence-corrected chi connectivity index (χ4v) is 2.58. The summed E-state index contributed by atoms with van der Waals surface area (Å²) in [5.74, 6) is 1.45. The Labute approximate surface area is 140 Å². The predicted molar refractivity (Wildman–Crippen MR) is 93.7 cm³/mol. The van der Waals surface area contributed by atoms with Gasteiger partial charge in [-0.25, -0.2) is 4.99 Å². The molecule has 1 amide bonds. The maximum absolute atomic E-state index is 11.8. The van der Waals surface area contributed by atoms with Gasteiger partial charge in [0.05, 0.1) is 6.61 Å². The van der Waals surface area contributed by atoms with Crippen LogP contribution in [0.2, 0.25) is 0 Å². The summed E-state index contributed by atoms with van der Waals surface area (Å²) in [6.45, 7) is 13.7. The molecule has 0 bridgehead atoms. The van der Waals surface area contributed by atoms with Crippen LogP contribution < -0.4 is 10.6 Å². The van der Waals surface area contributed by atoms with E-state index < -0.39 is 0 Å². The summed E-state index contributed by atoms with van der Waals surface area (Å²) >= 11 is 0. The molecule has 1 heterocycles. The molecular formula is C16H33N5O2. The topological polar surface area (TPSA) is 69.2 Å². The number of carbonyl (C=O) groups excluding carboxylic acids is 1. The van der Waals surface area contributed by atoms with Crippen LogP contribution in [-0.4, -0.2) is 87.7 Å². The second-order valence-corrected chi connectivity index (χ2v) is 6.19. The molecule has 2 N–H and O–H groups in total. The zero-order valence-corrected chi connectivity index (χ0v) is 15.1.